The summed E-state index contributed by atoms with van der Waals surface area (Å²) < 4.78 is 0. The minimum atomic E-state index is 0.145. The molecular formula is C21H23NO. The SMILES string of the molecule is C[C@H]1CCCN(C(=O)/C(=C/c2ccccc2)c2ccccc2)C1. The summed E-state index contributed by atoms with van der Waals surface area (Å²) in [5, 5.41) is 0. The molecule has 0 radical (unpaired) electrons. The number of hydrogen-bond donors (Lipinski definition) is 0. The second-order valence-corrected chi connectivity index (χ2v) is 6.33. The van der Waals surface area contributed by atoms with E-state index in [0.29, 0.717) is 5.92 Å². The fourth-order valence-electron chi connectivity index (χ4n) is 3.15. The molecule has 1 heterocycles. The Morgan fingerprint density at radius 1 is 1.04 bits per heavy atom. The van der Waals surface area contributed by atoms with Crippen LogP contribution in [0.5, 0.6) is 0 Å². The van der Waals surface area contributed by atoms with E-state index in [1.807, 2.05) is 71.6 Å². The van der Waals surface area contributed by atoms with Crippen LogP contribution < -0.4 is 0 Å². The van der Waals surface area contributed by atoms with Gasteiger partial charge in [-0.3, -0.25) is 4.79 Å². The van der Waals surface area contributed by atoms with Crippen LogP contribution in [0.15, 0.2) is 60.7 Å². The van der Waals surface area contributed by atoms with E-state index < -0.39 is 0 Å². The van der Waals surface area contributed by atoms with Gasteiger partial charge < -0.3 is 4.90 Å². The van der Waals surface area contributed by atoms with Crippen LogP contribution in [0.4, 0.5) is 0 Å². The Kier molecular flexibility index (Phi) is 4.92. The van der Waals surface area contributed by atoms with Gasteiger partial charge in [-0.25, -0.2) is 0 Å². The Labute approximate surface area is 138 Å². The Balaban J connectivity index is 1.95. The fraction of sp³-hybridized carbons (Fsp3) is 0.286. The van der Waals surface area contributed by atoms with Crippen molar-refractivity contribution in [3.63, 3.8) is 0 Å². The summed E-state index contributed by atoms with van der Waals surface area (Å²) in [6.07, 6.45) is 4.32. The lowest BCUT2D eigenvalue weighted by molar-refractivity contribution is -0.126. The molecule has 1 saturated heterocycles. The van der Waals surface area contributed by atoms with E-state index in [1.165, 1.54) is 6.42 Å². The molecule has 3 rings (SSSR count). The molecule has 1 fully saturated rings. The Hall–Kier alpha value is -2.35. The van der Waals surface area contributed by atoms with Gasteiger partial charge in [0, 0.05) is 18.7 Å². The summed E-state index contributed by atoms with van der Waals surface area (Å²) in [6, 6.07) is 20.1. The number of nitrogens with zero attached hydrogens (tertiary/aromatic N) is 1. The molecule has 0 unspecified atom stereocenters. The van der Waals surface area contributed by atoms with Crippen LogP contribution in [0.25, 0.3) is 11.6 Å². The van der Waals surface area contributed by atoms with Crippen LogP contribution in [0.1, 0.15) is 30.9 Å². The normalized spacial score (nSPS) is 18.7. The predicted molar refractivity (Wildman–Crippen MR) is 95.7 cm³/mol. The van der Waals surface area contributed by atoms with Crippen molar-refractivity contribution >= 4 is 17.6 Å². The van der Waals surface area contributed by atoms with Crippen molar-refractivity contribution in [3.8, 4) is 0 Å². The van der Waals surface area contributed by atoms with Gasteiger partial charge in [0.05, 0.1) is 0 Å². The highest BCUT2D eigenvalue weighted by Gasteiger charge is 2.24. The Bertz CT molecular complexity index is 676. The monoisotopic (exact) mass is 305 g/mol. The van der Waals surface area contributed by atoms with Crippen molar-refractivity contribution in [2.75, 3.05) is 13.1 Å². The number of amides is 1. The van der Waals surface area contributed by atoms with Gasteiger partial charge in [0.25, 0.3) is 5.91 Å². The molecule has 1 aliphatic heterocycles. The van der Waals surface area contributed by atoms with E-state index in [9.17, 15) is 4.79 Å². The highest BCUT2D eigenvalue weighted by molar-refractivity contribution is 6.24. The molecule has 2 aromatic carbocycles. The highest BCUT2D eigenvalue weighted by Crippen LogP contribution is 2.24. The quantitative estimate of drug-likeness (QED) is 0.604. The van der Waals surface area contributed by atoms with E-state index in [1.54, 1.807) is 0 Å². The Morgan fingerprint density at radius 3 is 2.35 bits per heavy atom. The van der Waals surface area contributed by atoms with Crippen LogP contribution in [0.2, 0.25) is 0 Å². The van der Waals surface area contributed by atoms with E-state index in [0.717, 1.165) is 36.2 Å². The van der Waals surface area contributed by atoms with Gasteiger partial charge in [-0.15, -0.1) is 0 Å². The van der Waals surface area contributed by atoms with Crippen molar-refractivity contribution in [2.45, 2.75) is 19.8 Å². The van der Waals surface area contributed by atoms with E-state index in [4.69, 9.17) is 0 Å². The van der Waals surface area contributed by atoms with Gasteiger partial charge in [0.2, 0.25) is 0 Å². The number of carbonyl (C=O) groups excluding carboxylic acids is 1. The first-order chi connectivity index (χ1) is 11.2. The van der Waals surface area contributed by atoms with Gasteiger partial charge in [-0.1, -0.05) is 67.6 Å². The summed E-state index contributed by atoms with van der Waals surface area (Å²) in [7, 11) is 0. The molecule has 2 aromatic rings. The molecule has 0 aromatic heterocycles. The standard InChI is InChI=1S/C21H23NO/c1-17-9-8-14-22(16-17)21(23)20(19-12-6-3-7-13-19)15-18-10-4-2-5-11-18/h2-7,10-13,15,17H,8-9,14,16H2,1H3/b20-15+/t17-/m0/s1. The first-order valence-electron chi connectivity index (χ1n) is 8.35. The lowest BCUT2D eigenvalue weighted by atomic mass is 9.97. The van der Waals surface area contributed by atoms with Crippen LogP contribution >= 0.6 is 0 Å². The minimum Gasteiger partial charge on any atom is -0.338 e. The van der Waals surface area contributed by atoms with Crippen molar-refractivity contribution in [1.82, 2.24) is 4.90 Å². The number of benzene rings is 2. The largest absolute Gasteiger partial charge is 0.338 e. The highest BCUT2D eigenvalue weighted by atomic mass is 16.2. The van der Waals surface area contributed by atoms with Gasteiger partial charge in [-0.05, 0) is 36.0 Å². The third-order valence-electron chi connectivity index (χ3n) is 4.37. The summed E-state index contributed by atoms with van der Waals surface area (Å²) in [5.74, 6) is 0.730. The van der Waals surface area contributed by atoms with E-state index in [2.05, 4.69) is 6.92 Å². The van der Waals surface area contributed by atoms with Crippen LogP contribution in [-0.4, -0.2) is 23.9 Å². The minimum absolute atomic E-state index is 0.145. The van der Waals surface area contributed by atoms with Crippen molar-refractivity contribution in [3.05, 3.63) is 71.8 Å². The summed E-state index contributed by atoms with van der Waals surface area (Å²) in [6.45, 7) is 3.95. The molecule has 0 N–H and O–H groups in total. The molecule has 0 bridgehead atoms. The van der Waals surface area contributed by atoms with Gasteiger partial charge in [0.15, 0.2) is 0 Å². The number of piperidine rings is 1. The second kappa shape index (κ2) is 7.28. The lowest BCUT2D eigenvalue weighted by Crippen LogP contribution is -2.39. The van der Waals surface area contributed by atoms with Gasteiger partial charge >= 0.3 is 0 Å². The average Bonchev–Trinajstić information content (AvgIpc) is 2.61. The van der Waals surface area contributed by atoms with Gasteiger partial charge in [0.1, 0.15) is 0 Å². The maximum absolute atomic E-state index is 13.1. The van der Waals surface area contributed by atoms with Crippen molar-refractivity contribution in [1.29, 1.82) is 0 Å². The molecule has 1 atom stereocenters. The van der Waals surface area contributed by atoms with Crippen molar-refractivity contribution in [2.24, 2.45) is 5.92 Å². The third kappa shape index (κ3) is 3.89. The van der Waals surface area contributed by atoms with E-state index >= 15 is 0 Å². The molecule has 118 valence electrons. The van der Waals surface area contributed by atoms with Gasteiger partial charge in [-0.2, -0.15) is 0 Å². The third-order valence-corrected chi connectivity index (χ3v) is 4.37. The number of carbonyl (C=O) groups is 1. The average molecular weight is 305 g/mol. The molecular weight excluding hydrogens is 282 g/mol. The molecule has 1 aliphatic rings. The summed E-state index contributed by atoms with van der Waals surface area (Å²) in [5.41, 5.74) is 2.83. The molecule has 0 spiro atoms. The van der Waals surface area contributed by atoms with Crippen molar-refractivity contribution < 1.29 is 4.79 Å². The summed E-state index contributed by atoms with van der Waals surface area (Å²) in [4.78, 5) is 15.1. The second-order valence-electron chi connectivity index (χ2n) is 6.33. The predicted octanol–water partition coefficient (Wildman–Crippen LogP) is 4.49. The first kappa shape index (κ1) is 15.5. The topological polar surface area (TPSA) is 20.3 Å². The maximum atomic E-state index is 13.1. The molecule has 2 heteroatoms. The fourth-order valence-corrected chi connectivity index (χ4v) is 3.15. The zero-order valence-electron chi connectivity index (χ0n) is 13.6. The van der Waals surface area contributed by atoms with Crippen LogP contribution in [0.3, 0.4) is 0 Å². The number of hydrogen-bond acceptors (Lipinski definition) is 1. The smallest absolute Gasteiger partial charge is 0.254 e. The molecule has 23 heavy (non-hydrogen) atoms. The molecule has 2 nitrogen and oxygen atoms in total. The van der Waals surface area contributed by atoms with Crippen LogP contribution in [0, 0.1) is 5.92 Å². The maximum Gasteiger partial charge on any atom is 0.254 e. The zero-order valence-corrected chi connectivity index (χ0v) is 13.6. The number of likely N-dealkylation sites (tertiary alicyclic amines) is 1. The molecule has 0 aliphatic carbocycles. The molecule has 0 saturated carbocycles. The van der Waals surface area contributed by atoms with E-state index in [-0.39, 0.29) is 5.91 Å². The zero-order chi connectivity index (χ0) is 16.1. The lowest BCUT2D eigenvalue weighted by Gasteiger charge is -2.31. The number of rotatable bonds is 3. The van der Waals surface area contributed by atoms with Crippen LogP contribution in [-0.2, 0) is 4.79 Å². The first-order valence-corrected chi connectivity index (χ1v) is 8.35. The molecule has 1 amide bonds. The summed E-state index contributed by atoms with van der Waals surface area (Å²) >= 11 is 0. The Morgan fingerprint density at radius 2 is 1.70 bits per heavy atom.